The number of nitrogens with zero attached hydrogens (tertiary/aromatic N) is 1. The minimum atomic E-state index is -3.08. The zero-order valence-corrected chi connectivity index (χ0v) is 15.6. The third kappa shape index (κ3) is 4.41. The minimum absolute atomic E-state index is 0.0260. The Balaban J connectivity index is 1.89. The minimum Gasteiger partial charge on any atom is -0.330 e. The molecule has 1 fully saturated rings. The van der Waals surface area contributed by atoms with E-state index in [0.717, 1.165) is 11.1 Å². The molecule has 1 aliphatic rings. The number of rotatable bonds is 4. The molecule has 0 aliphatic carbocycles. The number of aryl methyl sites for hydroxylation is 1. The van der Waals surface area contributed by atoms with Gasteiger partial charge in [-0.2, -0.15) is 0 Å². The monoisotopic (exact) mass is 377 g/mol. The van der Waals surface area contributed by atoms with Crippen LogP contribution in [-0.4, -0.2) is 36.8 Å². The number of halogens is 1. The van der Waals surface area contributed by atoms with Crippen LogP contribution in [0.4, 0.5) is 0 Å². The second-order valence-corrected chi connectivity index (χ2v) is 9.15. The molecule has 4 nitrogen and oxygen atoms in total. The number of carbonyl (C=O) groups excluding carboxylic acids is 1. The molecule has 1 heterocycles. The molecule has 3 rings (SSSR count). The first-order valence-electron chi connectivity index (χ1n) is 8.16. The number of benzene rings is 2. The zero-order valence-electron chi connectivity index (χ0n) is 14.0. The average molecular weight is 378 g/mol. The van der Waals surface area contributed by atoms with Gasteiger partial charge in [-0.05, 0) is 43.2 Å². The molecular formula is C19H20ClNO3S. The summed E-state index contributed by atoms with van der Waals surface area (Å²) < 4.78 is 23.8. The zero-order chi connectivity index (χ0) is 18.0. The van der Waals surface area contributed by atoms with E-state index in [4.69, 9.17) is 11.6 Å². The second-order valence-electron chi connectivity index (χ2n) is 6.48. The molecule has 2 aromatic rings. The van der Waals surface area contributed by atoms with Crippen LogP contribution in [0.1, 0.15) is 27.9 Å². The number of sulfone groups is 1. The normalized spacial score (nSPS) is 18.9. The van der Waals surface area contributed by atoms with Crippen LogP contribution in [0.25, 0.3) is 0 Å². The predicted octanol–water partition coefficient (Wildman–Crippen LogP) is 3.48. The lowest BCUT2D eigenvalue weighted by Gasteiger charge is -2.28. The van der Waals surface area contributed by atoms with Crippen molar-refractivity contribution < 1.29 is 13.2 Å². The molecule has 25 heavy (non-hydrogen) atoms. The van der Waals surface area contributed by atoms with Gasteiger partial charge in [0, 0.05) is 23.2 Å². The van der Waals surface area contributed by atoms with E-state index in [1.165, 1.54) is 0 Å². The van der Waals surface area contributed by atoms with E-state index in [-0.39, 0.29) is 23.5 Å². The predicted molar refractivity (Wildman–Crippen MR) is 99.6 cm³/mol. The number of hydrogen-bond acceptors (Lipinski definition) is 3. The molecule has 0 radical (unpaired) electrons. The second kappa shape index (κ2) is 7.18. The van der Waals surface area contributed by atoms with Crippen molar-refractivity contribution in [3.05, 3.63) is 70.2 Å². The summed E-state index contributed by atoms with van der Waals surface area (Å²) in [6.45, 7) is 2.33. The summed E-state index contributed by atoms with van der Waals surface area (Å²) in [5.74, 6) is 0.0192. The van der Waals surface area contributed by atoms with Crippen molar-refractivity contribution >= 4 is 27.3 Å². The van der Waals surface area contributed by atoms with Crippen molar-refractivity contribution in [1.82, 2.24) is 4.90 Å². The Kier molecular flexibility index (Phi) is 5.16. The smallest absolute Gasteiger partial charge is 0.254 e. The summed E-state index contributed by atoms with van der Waals surface area (Å²) in [6, 6.07) is 14.3. The van der Waals surface area contributed by atoms with E-state index >= 15 is 0 Å². The number of carbonyl (C=O) groups is 1. The fraction of sp³-hybridized carbons (Fsp3) is 0.316. The fourth-order valence-electron chi connectivity index (χ4n) is 3.04. The SMILES string of the molecule is Cc1ccc(C(=O)N(Cc2ccc(Cl)cc2)C2CCS(=O)(=O)C2)cc1. The Morgan fingerprint density at radius 1 is 1.12 bits per heavy atom. The maximum atomic E-state index is 13.0. The van der Waals surface area contributed by atoms with Crippen LogP contribution < -0.4 is 0 Å². The van der Waals surface area contributed by atoms with Crippen molar-refractivity contribution in [3.8, 4) is 0 Å². The summed E-state index contributed by atoms with van der Waals surface area (Å²) in [6.07, 6.45) is 0.480. The summed E-state index contributed by atoms with van der Waals surface area (Å²) in [7, 11) is -3.08. The first-order valence-corrected chi connectivity index (χ1v) is 10.4. The lowest BCUT2D eigenvalue weighted by molar-refractivity contribution is 0.0681. The van der Waals surface area contributed by atoms with Crippen molar-refractivity contribution in [3.63, 3.8) is 0 Å². The van der Waals surface area contributed by atoms with Gasteiger partial charge in [0.2, 0.25) is 0 Å². The maximum Gasteiger partial charge on any atom is 0.254 e. The van der Waals surface area contributed by atoms with Crippen LogP contribution in [0.15, 0.2) is 48.5 Å². The molecule has 0 bridgehead atoms. The van der Waals surface area contributed by atoms with Gasteiger partial charge in [0.1, 0.15) is 0 Å². The van der Waals surface area contributed by atoms with Crippen molar-refractivity contribution in [2.75, 3.05) is 11.5 Å². The molecule has 1 atom stereocenters. The third-order valence-electron chi connectivity index (χ3n) is 4.47. The highest BCUT2D eigenvalue weighted by molar-refractivity contribution is 7.91. The van der Waals surface area contributed by atoms with Gasteiger partial charge >= 0.3 is 0 Å². The van der Waals surface area contributed by atoms with E-state index in [1.54, 1.807) is 29.2 Å². The molecule has 0 aromatic heterocycles. The third-order valence-corrected chi connectivity index (χ3v) is 6.48. The van der Waals surface area contributed by atoms with Crippen molar-refractivity contribution in [2.24, 2.45) is 0 Å². The molecule has 1 saturated heterocycles. The molecule has 1 amide bonds. The van der Waals surface area contributed by atoms with Gasteiger partial charge < -0.3 is 4.90 Å². The Labute approximate surface area is 153 Å². The molecule has 132 valence electrons. The molecule has 1 aliphatic heterocycles. The first-order chi connectivity index (χ1) is 11.8. The fourth-order valence-corrected chi connectivity index (χ4v) is 4.89. The Morgan fingerprint density at radius 2 is 1.76 bits per heavy atom. The van der Waals surface area contributed by atoms with Crippen LogP contribution in [0.3, 0.4) is 0 Å². The first kappa shape index (κ1) is 18.0. The molecule has 0 saturated carbocycles. The molecule has 1 unspecified atom stereocenters. The number of amides is 1. The topological polar surface area (TPSA) is 54.5 Å². The van der Waals surface area contributed by atoms with Gasteiger partial charge in [0.25, 0.3) is 5.91 Å². The maximum absolute atomic E-state index is 13.0. The molecule has 6 heteroatoms. The van der Waals surface area contributed by atoms with Gasteiger partial charge in [-0.15, -0.1) is 0 Å². The molecule has 0 N–H and O–H groups in total. The van der Waals surface area contributed by atoms with E-state index in [2.05, 4.69) is 0 Å². The van der Waals surface area contributed by atoms with E-state index in [1.807, 2.05) is 31.2 Å². The quantitative estimate of drug-likeness (QED) is 0.819. The van der Waals surface area contributed by atoms with Crippen LogP contribution in [0.5, 0.6) is 0 Å². The van der Waals surface area contributed by atoms with Crippen LogP contribution in [0.2, 0.25) is 5.02 Å². The Hall–Kier alpha value is -1.85. The highest BCUT2D eigenvalue weighted by atomic mass is 35.5. The lowest BCUT2D eigenvalue weighted by atomic mass is 10.1. The van der Waals surface area contributed by atoms with Crippen molar-refractivity contribution in [1.29, 1.82) is 0 Å². The van der Waals surface area contributed by atoms with Crippen LogP contribution in [0, 0.1) is 6.92 Å². The van der Waals surface area contributed by atoms with Gasteiger partial charge in [0.05, 0.1) is 11.5 Å². The van der Waals surface area contributed by atoms with Gasteiger partial charge in [-0.1, -0.05) is 41.4 Å². The van der Waals surface area contributed by atoms with Gasteiger partial charge in [0.15, 0.2) is 9.84 Å². The summed E-state index contributed by atoms with van der Waals surface area (Å²) in [4.78, 5) is 14.7. The van der Waals surface area contributed by atoms with Crippen LogP contribution >= 0.6 is 11.6 Å². The average Bonchev–Trinajstić information content (AvgIpc) is 2.94. The van der Waals surface area contributed by atoms with Crippen molar-refractivity contribution in [2.45, 2.75) is 25.9 Å². The highest BCUT2D eigenvalue weighted by Crippen LogP contribution is 2.23. The Morgan fingerprint density at radius 3 is 2.32 bits per heavy atom. The van der Waals surface area contributed by atoms with E-state index < -0.39 is 9.84 Å². The van der Waals surface area contributed by atoms with E-state index in [0.29, 0.717) is 23.6 Å². The summed E-state index contributed by atoms with van der Waals surface area (Å²) in [5.41, 5.74) is 2.57. The highest BCUT2D eigenvalue weighted by Gasteiger charge is 2.35. The molecule has 0 spiro atoms. The van der Waals surface area contributed by atoms with Gasteiger partial charge in [-0.25, -0.2) is 8.42 Å². The van der Waals surface area contributed by atoms with E-state index in [9.17, 15) is 13.2 Å². The molecular weight excluding hydrogens is 358 g/mol. The largest absolute Gasteiger partial charge is 0.330 e. The molecule has 2 aromatic carbocycles. The van der Waals surface area contributed by atoms with Crippen LogP contribution in [-0.2, 0) is 16.4 Å². The standard InChI is InChI=1S/C19H20ClNO3S/c1-14-2-6-16(7-3-14)19(22)21(18-10-11-25(23,24)13-18)12-15-4-8-17(20)9-5-15/h2-9,18H,10-13H2,1H3. The Bertz CT molecular complexity index is 861. The van der Waals surface area contributed by atoms with Gasteiger partial charge in [-0.3, -0.25) is 4.79 Å². The number of hydrogen-bond donors (Lipinski definition) is 0. The summed E-state index contributed by atoms with van der Waals surface area (Å²) in [5, 5.41) is 0.628. The summed E-state index contributed by atoms with van der Waals surface area (Å²) >= 11 is 5.93. The lowest BCUT2D eigenvalue weighted by Crippen LogP contribution is -2.40.